The quantitative estimate of drug-likeness (QED) is 0.695. The highest BCUT2D eigenvalue weighted by atomic mass is 16.5. The van der Waals surface area contributed by atoms with Crippen molar-refractivity contribution in [3.8, 4) is 5.75 Å². The van der Waals surface area contributed by atoms with E-state index in [-0.39, 0.29) is 18.8 Å². The normalized spacial score (nSPS) is 12.0. The van der Waals surface area contributed by atoms with Crippen LogP contribution in [-0.2, 0) is 6.54 Å². The van der Waals surface area contributed by atoms with Gasteiger partial charge in [-0.15, -0.1) is 0 Å². The summed E-state index contributed by atoms with van der Waals surface area (Å²) in [5, 5.41) is 14.9. The predicted molar refractivity (Wildman–Crippen MR) is 92.5 cm³/mol. The van der Waals surface area contributed by atoms with Gasteiger partial charge in [-0.25, -0.2) is 4.68 Å². The number of aromatic nitrogens is 2. The average molecular weight is 339 g/mol. The second-order valence-corrected chi connectivity index (χ2v) is 5.52. The molecular weight excluding hydrogens is 322 g/mol. The van der Waals surface area contributed by atoms with Crippen LogP contribution in [0.4, 0.5) is 0 Å². The molecule has 1 aromatic heterocycles. The number of rotatable bonds is 6. The summed E-state index contributed by atoms with van der Waals surface area (Å²) in [5.41, 5.74) is 4.95. The molecule has 7 nitrogen and oxygen atoms in total. The Morgan fingerprint density at radius 3 is 2.44 bits per heavy atom. The lowest BCUT2D eigenvalue weighted by Gasteiger charge is -2.14. The molecule has 3 N–H and O–H groups in total. The van der Waals surface area contributed by atoms with E-state index in [9.17, 15) is 14.7 Å². The number of fused-ring (bicyclic) bond motifs is 1. The summed E-state index contributed by atoms with van der Waals surface area (Å²) in [4.78, 5) is 24.1. The molecule has 1 heterocycles. The molecule has 0 aliphatic heterocycles. The van der Waals surface area contributed by atoms with Gasteiger partial charge >= 0.3 is 0 Å². The summed E-state index contributed by atoms with van der Waals surface area (Å²) in [6.07, 6.45) is -0.979. The Labute approximate surface area is 143 Å². The SMILES string of the molecule is NC(=O)c1nn(C[C@@H](O)COc2ccccc2)c(=O)c2ccccc12. The van der Waals surface area contributed by atoms with E-state index in [1.54, 1.807) is 36.4 Å². The minimum Gasteiger partial charge on any atom is -0.491 e. The number of aliphatic hydroxyl groups is 1. The molecule has 25 heavy (non-hydrogen) atoms. The second-order valence-electron chi connectivity index (χ2n) is 5.52. The number of nitrogens with two attached hydrogens (primary N) is 1. The highest BCUT2D eigenvalue weighted by molar-refractivity contribution is 6.03. The summed E-state index contributed by atoms with van der Waals surface area (Å²) >= 11 is 0. The van der Waals surface area contributed by atoms with Gasteiger partial charge in [-0.2, -0.15) is 5.10 Å². The maximum atomic E-state index is 12.5. The number of nitrogens with zero attached hydrogens (tertiary/aromatic N) is 2. The first-order valence-electron chi connectivity index (χ1n) is 7.72. The van der Waals surface area contributed by atoms with E-state index in [1.165, 1.54) is 0 Å². The van der Waals surface area contributed by atoms with Crippen LogP contribution in [0.5, 0.6) is 5.75 Å². The lowest BCUT2D eigenvalue weighted by molar-refractivity contribution is 0.0871. The second kappa shape index (κ2) is 7.14. The van der Waals surface area contributed by atoms with Gasteiger partial charge in [0.2, 0.25) is 0 Å². The van der Waals surface area contributed by atoms with Crippen molar-refractivity contribution in [3.63, 3.8) is 0 Å². The van der Waals surface area contributed by atoms with E-state index < -0.39 is 17.6 Å². The number of carbonyl (C=O) groups is 1. The highest BCUT2D eigenvalue weighted by Crippen LogP contribution is 2.13. The van der Waals surface area contributed by atoms with Crippen LogP contribution in [0.2, 0.25) is 0 Å². The highest BCUT2D eigenvalue weighted by Gasteiger charge is 2.16. The summed E-state index contributed by atoms with van der Waals surface area (Å²) in [7, 11) is 0. The fraction of sp³-hybridized carbons (Fsp3) is 0.167. The van der Waals surface area contributed by atoms with Crippen molar-refractivity contribution < 1.29 is 14.6 Å². The number of hydrogen-bond donors (Lipinski definition) is 2. The summed E-state index contributed by atoms with van der Waals surface area (Å²) in [6.45, 7) is -0.131. The number of primary amides is 1. The number of para-hydroxylation sites is 1. The number of benzene rings is 2. The third-order valence-electron chi connectivity index (χ3n) is 3.67. The molecular formula is C18H17N3O4. The molecule has 128 valence electrons. The van der Waals surface area contributed by atoms with Crippen molar-refractivity contribution in [1.29, 1.82) is 0 Å². The van der Waals surface area contributed by atoms with Crippen molar-refractivity contribution in [3.05, 3.63) is 70.6 Å². The van der Waals surface area contributed by atoms with Crippen LogP contribution in [0.25, 0.3) is 10.8 Å². The number of amides is 1. The van der Waals surface area contributed by atoms with Crippen LogP contribution in [0.3, 0.4) is 0 Å². The average Bonchev–Trinajstić information content (AvgIpc) is 2.63. The molecule has 0 unspecified atom stereocenters. The molecule has 0 saturated heterocycles. The molecule has 0 saturated carbocycles. The van der Waals surface area contributed by atoms with Crippen LogP contribution < -0.4 is 16.0 Å². The Morgan fingerprint density at radius 2 is 1.76 bits per heavy atom. The molecule has 1 atom stereocenters. The molecule has 0 fully saturated rings. The molecule has 0 spiro atoms. The zero-order valence-corrected chi connectivity index (χ0v) is 13.3. The first-order valence-corrected chi connectivity index (χ1v) is 7.72. The Morgan fingerprint density at radius 1 is 1.12 bits per heavy atom. The van der Waals surface area contributed by atoms with Gasteiger partial charge < -0.3 is 15.6 Å². The maximum Gasteiger partial charge on any atom is 0.274 e. The molecule has 0 aliphatic carbocycles. The largest absolute Gasteiger partial charge is 0.491 e. The molecule has 7 heteroatoms. The molecule has 2 aromatic carbocycles. The smallest absolute Gasteiger partial charge is 0.274 e. The topological polar surface area (TPSA) is 107 Å². The van der Waals surface area contributed by atoms with Gasteiger partial charge in [-0.3, -0.25) is 9.59 Å². The van der Waals surface area contributed by atoms with Gasteiger partial charge in [0, 0.05) is 5.39 Å². The van der Waals surface area contributed by atoms with E-state index >= 15 is 0 Å². The van der Waals surface area contributed by atoms with Gasteiger partial charge in [0.25, 0.3) is 11.5 Å². The molecule has 3 aromatic rings. The third kappa shape index (κ3) is 3.67. The Bertz CT molecular complexity index is 953. The zero-order chi connectivity index (χ0) is 17.8. The van der Waals surface area contributed by atoms with Crippen molar-refractivity contribution >= 4 is 16.7 Å². The predicted octanol–water partition coefficient (Wildman–Crippen LogP) is 0.935. The van der Waals surface area contributed by atoms with E-state index in [0.717, 1.165) is 4.68 Å². The van der Waals surface area contributed by atoms with Gasteiger partial charge in [0.1, 0.15) is 18.5 Å². The number of carbonyl (C=O) groups excluding carboxylic acids is 1. The molecule has 0 radical (unpaired) electrons. The standard InChI is InChI=1S/C18H17N3O4/c19-17(23)16-14-8-4-5-9-15(14)18(24)21(20-16)10-12(22)11-25-13-6-2-1-3-7-13/h1-9,12,22H,10-11H2,(H2,19,23)/t12-/m1/s1. The van der Waals surface area contributed by atoms with Crippen molar-refractivity contribution in [2.24, 2.45) is 5.73 Å². The fourth-order valence-electron chi connectivity index (χ4n) is 2.50. The van der Waals surface area contributed by atoms with Gasteiger partial charge in [-0.1, -0.05) is 36.4 Å². The number of ether oxygens (including phenoxy) is 1. The Kier molecular flexibility index (Phi) is 4.76. The Hall–Kier alpha value is -3.19. The lowest BCUT2D eigenvalue weighted by atomic mass is 10.1. The van der Waals surface area contributed by atoms with E-state index in [1.807, 2.05) is 18.2 Å². The monoisotopic (exact) mass is 339 g/mol. The molecule has 3 rings (SSSR count). The van der Waals surface area contributed by atoms with Gasteiger partial charge in [0.05, 0.1) is 11.9 Å². The molecule has 1 amide bonds. The van der Waals surface area contributed by atoms with Crippen molar-refractivity contribution in [2.45, 2.75) is 12.6 Å². The van der Waals surface area contributed by atoms with Crippen LogP contribution in [0.1, 0.15) is 10.5 Å². The summed E-state index contributed by atoms with van der Waals surface area (Å²) in [6, 6.07) is 15.6. The summed E-state index contributed by atoms with van der Waals surface area (Å²) in [5.74, 6) is -0.127. The zero-order valence-electron chi connectivity index (χ0n) is 13.3. The Balaban J connectivity index is 1.84. The number of hydrogen-bond acceptors (Lipinski definition) is 5. The molecule has 0 bridgehead atoms. The minimum atomic E-state index is -0.979. The van der Waals surface area contributed by atoms with Crippen LogP contribution in [-0.4, -0.2) is 33.5 Å². The lowest BCUT2D eigenvalue weighted by Crippen LogP contribution is -2.34. The summed E-state index contributed by atoms with van der Waals surface area (Å²) < 4.78 is 6.50. The van der Waals surface area contributed by atoms with Crippen LogP contribution in [0.15, 0.2) is 59.4 Å². The van der Waals surface area contributed by atoms with Crippen LogP contribution in [0, 0.1) is 0 Å². The van der Waals surface area contributed by atoms with Gasteiger partial charge in [0.15, 0.2) is 5.69 Å². The fourth-order valence-corrected chi connectivity index (χ4v) is 2.50. The van der Waals surface area contributed by atoms with Gasteiger partial charge in [-0.05, 0) is 18.2 Å². The van der Waals surface area contributed by atoms with E-state index in [2.05, 4.69) is 5.10 Å². The number of aliphatic hydroxyl groups excluding tert-OH is 1. The minimum absolute atomic E-state index is 0.00798. The van der Waals surface area contributed by atoms with Crippen molar-refractivity contribution in [2.75, 3.05) is 6.61 Å². The first-order chi connectivity index (χ1) is 12.1. The van der Waals surface area contributed by atoms with E-state index in [4.69, 9.17) is 10.5 Å². The van der Waals surface area contributed by atoms with Crippen molar-refractivity contribution in [1.82, 2.24) is 9.78 Å². The maximum absolute atomic E-state index is 12.5. The third-order valence-corrected chi connectivity index (χ3v) is 3.67. The van der Waals surface area contributed by atoms with E-state index in [0.29, 0.717) is 16.5 Å². The first kappa shape index (κ1) is 16.7. The molecule has 0 aliphatic rings. The van der Waals surface area contributed by atoms with Crippen LogP contribution >= 0.6 is 0 Å².